The van der Waals surface area contributed by atoms with Crippen LogP contribution in [0.15, 0.2) is 89.4 Å². The Kier molecular flexibility index (Phi) is 8.43. The van der Waals surface area contributed by atoms with E-state index in [1.54, 1.807) is 0 Å². The number of nitrogens with zero attached hydrogens (tertiary/aromatic N) is 1. The van der Waals surface area contributed by atoms with E-state index in [2.05, 4.69) is 5.32 Å². The van der Waals surface area contributed by atoms with E-state index in [-0.39, 0.29) is 24.5 Å². The van der Waals surface area contributed by atoms with E-state index >= 15 is 0 Å². The van der Waals surface area contributed by atoms with Crippen molar-refractivity contribution in [2.24, 2.45) is 5.73 Å². The average molecular weight is 594 g/mol. The molecule has 3 aromatic rings. The molecule has 2 aliphatic rings. The van der Waals surface area contributed by atoms with Gasteiger partial charge in [0.05, 0.1) is 6.42 Å². The number of rotatable bonds is 10. The van der Waals surface area contributed by atoms with Crippen LogP contribution < -0.4 is 11.1 Å². The normalized spacial score (nSPS) is 19.8. The minimum atomic E-state index is -1.68. The number of carbonyl (C=O) groups is 4. The molecule has 0 saturated carbocycles. The Morgan fingerprint density at radius 1 is 1.05 bits per heavy atom. The van der Waals surface area contributed by atoms with E-state index in [0.717, 1.165) is 16.0 Å². The minimum absolute atomic E-state index is 0.0722. The third-order valence-electron chi connectivity index (χ3n) is 6.68. The van der Waals surface area contributed by atoms with Crippen molar-refractivity contribution in [2.45, 2.75) is 23.6 Å². The number of benzene rings is 2. The zero-order chi connectivity index (χ0) is 29.0. The Balaban J connectivity index is 1.45. The van der Waals surface area contributed by atoms with Crippen LogP contribution in [0.2, 0.25) is 0 Å². The van der Waals surface area contributed by atoms with Gasteiger partial charge in [-0.15, -0.1) is 23.1 Å². The van der Waals surface area contributed by atoms with Crippen LogP contribution in [0.3, 0.4) is 0 Å². The summed E-state index contributed by atoms with van der Waals surface area (Å²) in [5, 5.41) is 3.83. The lowest BCUT2D eigenvalue weighted by molar-refractivity contribution is -0.193. The van der Waals surface area contributed by atoms with Gasteiger partial charge in [0.1, 0.15) is 17.7 Å². The zero-order valence-electron chi connectivity index (χ0n) is 22.0. The number of carbonyl (C=O) groups excluding carboxylic acids is 4. The molecule has 3 amide bonds. The maximum atomic E-state index is 13.9. The van der Waals surface area contributed by atoms with Crippen molar-refractivity contribution in [2.75, 3.05) is 19.5 Å². The van der Waals surface area contributed by atoms with Gasteiger partial charge in [0.15, 0.2) is 6.10 Å². The first-order chi connectivity index (χ1) is 19.8. The van der Waals surface area contributed by atoms with Gasteiger partial charge in [-0.2, -0.15) is 0 Å². The van der Waals surface area contributed by atoms with Crippen molar-refractivity contribution in [3.63, 3.8) is 0 Å². The lowest BCUT2D eigenvalue weighted by atomic mass is 9.97. The molecular weight excluding hydrogens is 566 g/mol. The Hall–Kier alpha value is -4.13. The highest BCUT2D eigenvalue weighted by molar-refractivity contribution is 8.00. The number of primary amides is 1. The van der Waals surface area contributed by atoms with Crippen LogP contribution in [0.4, 0.5) is 4.79 Å². The fraction of sp³-hybridized carbons (Fsp3) is 0.241. The smallest absolute Gasteiger partial charge is 0.404 e. The van der Waals surface area contributed by atoms with Crippen LogP contribution >= 0.6 is 23.1 Å². The number of fused-ring (bicyclic) bond motifs is 1. The number of ether oxygens (including phenoxy) is 3. The topological polar surface area (TPSA) is 137 Å². The van der Waals surface area contributed by atoms with E-state index in [1.165, 1.54) is 35.1 Å². The largest absolute Gasteiger partial charge is 0.448 e. The van der Waals surface area contributed by atoms with Crippen molar-refractivity contribution in [1.29, 1.82) is 0 Å². The Bertz CT molecular complexity index is 1420. The molecule has 2 atom stereocenters. The third-order valence-corrected chi connectivity index (χ3v) is 8.93. The van der Waals surface area contributed by atoms with Gasteiger partial charge >= 0.3 is 12.1 Å². The summed E-state index contributed by atoms with van der Waals surface area (Å²) >= 11 is 2.69. The molecule has 0 bridgehead atoms. The molecule has 2 aromatic carbocycles. The first kappa shape index (κ1) is 28.4. The zero-order valence-corrected chi connectivity index (χ0v) is 23.6. The molecule has 0 radical (unpaired) electrons. The van der Waals surface area contributed by atoms with Crippen LogP contribution in [-0.4, -0.2) is 59.3 Å². The molecule has 1 saturated heterocycles. The number of thioether (sulfide) groups is 1. The molecule has 0 spiro atoms. The predicted molar refractivity (Wildman–Crippen MR) is 152 cm³/mol. The van der Waals surface area contributed by atoms with Crippen LogP contribution in [0, 0.1) is 0 Å². The summed E-state index contributed by atoms with van der Waals surface area (Å²) in [6.07, 6.45) is -1.73. The molecule has 2 aliphatic heterocycles. The number of nitrogens with one attached hydrogen (secondary N) is 1. The molecule has 0 aliphatic carbocycles. The highest BCUT2D eigenvalue weighted by Crippen LogP contribution is 2.47. The summed E-state index contributed by atoms with van der Waals surface area (Å²) in [6.45, 7) is -0.310. The number of hydrogen-bond acceptors (Lipinski definition) is 9. The van der Waals surface area contributed by atoms with Gasteiger partial charge < -0.3 is 25.3 Å². The summed E-state index contributed by atoms with van der Waals surface area (Å²) in [6, 6.07) is 22.1. The molecule has 10 nitrogen and oxygen atoms in total. The van der Waals surface area contributed by atoms with Crippen molar-refractivity contribution in [3.8, 4) is 0 Å². The molecule has 12 heteroatoms. The maximum Gasteiger partial charge on any atom is 0.404 e. The molecular formula is C29H27N3O7S2. The van der Waals surface area contributed by atoms with Crippen LogP contribution in [0.5, 0.6) is 0 Å². The fourth-order valence-electron chi connectivity index (χ4n) is 4.77. The molecule has 41 heavy (non-hydrogen) atoms. The maximum absolute atomic E-state index is 13.9. The number of esters is 1. The summed E-state index contributed by atoms with van der Waals surface area (Å²) in [4.78, 5) is 53.9. The van der Waals surface area contributed by atoms with Gasteiger partial charge in [0, 0.05) is 23.3 Å². The van der Waals surface area contributed by atoms with Gasteiger partial charge in [-0.25, -0.2) is 9.59 Å². The number of hydrogen-bond donors (Lipinski definition) is 2. The van der Waals surface area contributed by atoms with Crippen molar-refractivity contribution in [3.05, 3.63) is 105 Å². The molecule has 1 unspecified atom stereocenters. The van der Waals surface area contributed by atoms with Crippen LogP contribution in [0.1, 0.15) is 22.1 Å². The second-order valence-electron chi connectivity index (χ2n) is 9.25. The van der Waals surface area contributed by atoms with Gasteiger partial charge in [-0.05, 0) is 22.6 Å². The van der Waals surface area contributed by atoms with E-state index < -0.39 is 41.1 Å². The van der Waals surface area contributed by atoms with Crippen molar-refractivity contribution >= 4 is 47.0 Å². The summed E-state index contributed by atoms with van der Waals surface area (Å²) in [7, 11) is 1.33. The van der Waals surface area contributed by atoms with Crippen LogP contribution in [0.25, 0.3) is 0 Å². The fourth-order valence-corrected chi connectivity index (χ4v) is 6.89. The van der Waals surface area contributed by atoms with E-state index in [0.29, 0.717) is 5.57 Å². The van der Waals surface area contributed by atoms with E-state index in [4.69, 9.17) is 19.9 Å². The lowest BCUT2D eigenvalue weighted by Gasteiger charge is -2.56. The van der Waals surface area contributed by atoms with Crippen LogP contribution in [-0.2, 0) is 35.0 Å². The quantitative estimate of drug-likeness (QED) is 0.208. The van der Waals surface area contributed by atoms with E-state index in [1.807, 2.05) is 78.2 Å². The predicted octanol–water partition coefficient (Wildman–Crippen LogP) is 3.35. The second kappa shape index (κ2) is 12.2. The van der Waals surface area contributed by atoms with Gasteiger partial charge in [-0.1, -0.05) is 66.7 Å². The summed E-state index contributed by atoms with van der Waals surface area (Å²) < 4.78 is 16.7. The van der Waals surface area contributed by atoms with Gasteiger partial charge in [-0.3, -0.25) is 14.5 Å². The van der Waals surface area contributed by atoms with Gasteiger partial charge in [0.2, 0.25) is 5.91 Å². The number of β-lactam (4-membered cyclic amide) rings is 1. The number of thiophene rings is 1. The summed E-state index contributed by atoms with van der Waals surface area (Å²) in [5.74, 6) is -1.64. The molecule has 1 fully saturated rings. The second-order valence-corrected chi connectivity index (χ2v) is 11.3. The Morgan fingerprint density at radius 2 is 1.71 bits per heavy atom. The highest BCUT2D eigenvalue weighted by atomic mass is 32.2. The monoisotopic (exact) mass is 593 g/mol. The molecule has 3 N–H and O–H groups in total. The number of methoxy groups -OCH3 is 1. The molecule has 1 aromatic heterocycles. The molecule has 5 rings (SSSR count). The first-order valence-electron chi connectivity index (χ1n) is 12.6. The highest BCUT2D eigenvalue weighted by Gasteiger charge is 2.66. The van der Waals surface area contributed by atoms with Gasteiger partial charge in [0.25, 0.3) is 11.6 Å². The lowest BCUT2D eigenvalue weighted by Crippen LogP contribution is -2.80. The first-order valence-corrected chi connectivity index (χ1v) is 14.6. The third kappa shape index (κ3) is 5.71. The Morgan fingerprint density at radius 3 is 2.27 bits per heavy atom. The summed E-state index contributed by atoms with van der Waals surface area (Å²) in [5.41, 5.74) is 5.24. The Labute approximate surface area is 244 Å². The van der Waals surface area contributed by atoms with Crippen molar-refractivity contribution in [1.82, 2.24) is 10.2 Å². The molecule has 3 heterocycles. The molecule has 212 valence electrons. The van der Waals surface area contributed by atoms with Crippen molar-refractivity contribution < 1.29 is 33.4 Å². The average Bonchev–Trinajstić information content (AvgIpc) is 3.50. The number of amides is 3. The number of nitrogens with two attached hydrogens (primary N) is 1. The standard InChI is InChI=1S/C29H27N3O7S2/c1-37-29(31-22(33)15-21-13-8-14-40-21)26(35)32-23(20(16-38-28(30)36)17-41-27(29)32)25(34)39-24(18-9-4-2-5-10-18)19-11-6-3-7-12-19/h2-14,24,27H,15-17H2,1H3,(H2,30,36)(H,31,33)/t27-,29?/m0/s1. The SMILES string of the molecule is COC1(NC(=O)Cc2cccs2)C(=O)N2C(C(=O)OC(c3ccccc3)c3ccccc3)=C(COC(N)=O)CS[C@H]21. The minimum Gasteiger partial charge on any atom is -0.448 e. The van der Waals surface area contributed by atoms with E-state index in [9.17, 15) is 19.2 Å².